The van der Waals surface area contributed by atoms with Crippen molar-refractivity contribution in [3.05, 3.63) is 69.6 Å². The van der Waals surface area contributed by atoms with E-state index in [0.29, 0.717) is 37.5 Å². The summed E-state index contributed by atoms with van der Waals surface area (Å²) in [5.41, 5.74) is 4.05. The molecule has 0 saturated heterocycles. The predicted octanol–water partition coefficient (Wildman–Crippen LogP) is 3.67. The second kappa shape index (κ2) is 7.90. The van der Waals surface area contributed by atoms with Gasteiger partial charge >= 0.3 is 0 Å². The number of aromatic nitrogens is 1. The molecule has 0 atom stereocenters. The monoisotopic (exact) mass is 397 g/mol. The zero-order valence-electron chi connectivity index (χ0n) is 14.9. The SMILES string of the molecule is O/N=C(\Cc1ccc(F)c(Cl)c1)c1ccnc2c1CC(=NCC1=CC=NC1)N2. The Morgan fingerprint density at radius 3 is 2.96 bits per heavy atom. The molecule has 6 nitrogen and oxygen atoms in total. The normalized spacial score (nSPS) is 17.0. The lowest BCUT2D eigenvalue weighted by Crippen LogP contribution is -2.10. The van der Waals surface area contributed by atoms with Crippen LogP contribution in [0.15, 0.2) is 57.3 Å². The molecule has 0 aliphatic carbocycles. The average Bonchev–Trinajstić information content (AvgIpc) is 3.36. The van der Waals surface area contributed by atoms with E-state index in [9.17, 15) is 9.60 Å². The summed E-state index contributed by atoms with van der Waals surface area (Å²) in [7, 11) is 0. The fourth-order valence-corrected chi connectivity index (χ4v) is 3.40. The number of amidine groups is 1. The minimum Gasteiger partial charge on any atom is -0.411 e. The lowest BCUT2D eigenvalue weighted by molar-refractivity contribution is 0.318. The molecule has 0 amide bonds. The number of benzene rings is 1. The van der Waals surface area contributed by atoms with Crippen LogP contribution in [0, 0.1) is 5.82 Å². The molecule has 3 heterocycles. The third-order valence-electron chi connectivity index (χ3n) is 4.63. The average molecular weight is 398 g/mol. The Labute approximate surface area is 166 Å². The van der Waals surface area contributed by atoms with E-state index in [2.05, 4.69) is 25.4 Å². The smallest absolute Gasteiger partial charge is 0.141 e. The third kappa shape index (κ3) is 3.80. The fourth-order valence-electron chi connectivity index (χ4n) is 3.20. The standard InChI is InChI=1S/C20H17ClFN5O/c21-16-7-12(1-2-17(16)22)8-18(27-28)14-4-6-24-20-15(14)9-19(26-20)25-11-13-3-5-23-10-13/h1-7,28H,8-11H2,(H,24,25,26)/b27-18+. The number of hydrogen-bond donors (Lipinski definition) is 2. The van der Waals surface area contributed by atoms with Gasteiger partial charge in [-0.2, -0.15) is 0 Å². The quantitative estimate of drug-likeness (QED) is 0.458. The summed E-state index contributed by atoms with van der Waals surface area (Å²) < 4.78 is 13.4. The van der Waals surface area contributed by atoms with Crippen molar-refractivity contribution < 1.29 is 9.60 Å². The van der Waals surface area contributed by atoms with Crippen LogP contribution in [0.5, 0.6) is 0 Å². The molecule has 0 spiro atoms. The summed E-state index contributed by atoms with van der Waals surface area (Å²) >= 11 is 5.86. The van der Waals surface area contributed by atoms with E-state index in [4.69, 9.17) is 11.6 Å². The minimum atomic E-state index is -0.481. The van der Waals surface area contributed by atoms with Crippen LogP contribution in [0.25, 0.3) is 0 Å². The second-order valence-corrected chi connectivity index (χ2v) is 6.94. The van der Waals surface area contributed by atoms with Crippen molar-refractivity contribution in [1.29, 1.82) is 0 Å². The van der Waals surface area contributed by atoms with Gasteiger partial charge in [0, 0.05) is 36.4 Å². The molecule has 2 aromatic rings. The van der Waals surface area contributed by atoms with Crippen LogP contribution in [-0.2, 0) is 12.8 Å². The molecular weight excluding hydrogens is 381 g/mol. The van der Waals surface area contributed by atoms with E-state index in [1.54, 1.807) is 24.5 Å². The van der Waals surface area contributed by atoms with Crippen LogP contribution < -0.4 is 5.32 Å². The van der Waals surface area contributed by atoms with Crippen LogP contribution >= 0.6 is 11.6 Å². The molecule has 2 aliphatic rings. The third-order valence-corrected chi connectivity index (χ3v) is 4.92. The molecule has 2 aliphatic heterocycles. The van der Waals surface area contributed by atoms with Gasteiger partial charge in [0.2, 0.25) is 0 Å². The van der Waals surface area contributed by atoms with Crippen LogP contribution in [0.1, 0.15) is 16.7 Å². The van der Waals surface area contributed by atoms with E-state index in [-0.39, 0.29) is 5.02 Å². The van der Waals surface area contributed by atoms with Gasteiger partial charge in [0.1, 0.15) is 17.5 Å². The maximum Gasteiger partial charge on any atom is 0.141 e. The van der Waals surface area contributed by atoms with Gasteiger partial charge in [-0.15, -0.1) is 0 Å². The first-order valence-electron chi connectivity index (χ1n) is 8.75. The largest absolute Gasteiger partial charge is 0.411 e. The number of allylic oxidation sites excluding steroid dienone is 1. The summed E-state index contributed by atoms with van der Waals surface area (Å²) in [6.45, 7) is 1.27. The lowest BCUT2D eigenvalue weighted by atomic mass is 9.98. The molecule has 0 bridgehead atoms. The van der Waals surface area contributed by atoms with Crippen LogP contribution in [0.3, 0.4) is 0 Å². The molecule has 4 rings (SSSR count). The highest BCUT2D eigenvalue weighted by Gasteiger charge is 2.23. The van der Waals surface area contributed by atoms with Crippen LogP contribution in [0.4, 0.5) is 10.2 Å². The predicted molar refractivity (Wildman–Crippen MR) is 109 cm³/mol. The summed E-state index contributed by atoms with van der Waals surface area (Å²) in [5, 5.41) is 16.3. The first-order valence-corrected chi connectivity index (χ1v) is 9.13. The molecule has 28 heavy (non-hydrogen) atoms. The summed E-state index contributed by atoms with van der Waals surface area (Å²) in [4.78, 5) is 13.1. The summed E-state index contributed by atoms with van der Waals surface area (Å²) in [6.07, 6.45) is 6.29. The Bertz CT molecular complexity index is 1040. The van der Waals surface area contributed by atoms with E-state index in [0.717, 1.165) is 28.1 Å². The summed E-state index contributed by atoms with van der Waals surface area (Å²) in [5.74, 6) is 1.03. The Morgan fingerprint density at radius 2 is 2.21 bits per heavy atom. The van der Waals surface area contributed by atoms with E-state index < -0.39 is 5.82 Å². The number of halogens is 2. The van der Waals surface area contributed by atoms with E-state index in [1.807, 2.05) is 6.08 Å². The van der Waals surface area contributed by atoms with Crippen molar-refractivity contribution in [2.75, 3.05) is 18.4 Å². The first kappa shape index (κ1) is 18.3. The number of pyridine rings is 1. The zero-order chi connectivity index (χ0) is 19.5. The molecule has 1 aromatic carbocycles. The van der Waals surface area contributed by atoms with E-state index in [1.165, 1.54) is 12.1 Å². The summed E-state index contributed by atoms with van der Waals surface area (Å²) in [6, 6.07) is 6.26. The van der Waals surface area contributed by atoms with Crippen LogP contribution in [-0.4, -0.2) is 41.0 Å². The zero-order valence-corrected chi connectivity index (χ0v) is 15.6. The second-order valence-electron chi connectivity index (χ2n) is 6.54. The number of nitrogens with one attached hydrogen (secondary N) is 1. The molecule has 8 heteroatoms. The molecule has 1 aromatic heterocycles. The minimum absolute atomic E-state index is 0.0380. The number of anilines is 1. The number of fused-ring (bicyclic) bond motifs is 1. The highest BCUT2D eigenvalue weighted by Crippen LogP contribution is 2.27. The van der Waals surface area contributed by atoms with Gasteiger partial charge in [0.15, 0.2) is 0 Å². The number of hydrogen-bond acceptors (Lipinski definition) is 5. The van der Waals surface area contributed by atoms with Gasteiger partial charge in [-0.05, 0) is 35.4 Å². The number of oxime groups is 1. The maximum absolute atomic E-state index is 13.4. The van der Waals surface area contributed by atoms with Gasteiger partial charge in [-0.3, -0.25) is 9.98 Å². The Kier molecular flexibility index (Phi) is 5.16. The Hall–Kier alpha value is -3.06. The first-order chi connectivity index (χ1) is 13.6. The van der Waals surface area contributed by atoms with Crippen molar-refractivity contribution in [2.24, 2.45) is 15.1 Å². The number of aliphatic imine (C=N–C) groups is 2. The fraction of sp³-hybridized carbons (Fsp3) is 0.200. The van der Waals surface area contributed by atoms with Crippen molar-refractivity contribution in [3.8, 4) is 0 Å². The van der Waals surface area contributed by atoms with Crippen molar-refractivity contribution >= 4 is 35.2 Å². The van der Waals surface area contributed by atoms with Gasteiger partial charge in [0.25, 0.3) is 0 Å². The molecule has 0 radical (unpaired) electrons. The molecule has 0 unspecified atom stereocenters. The van der Waals surface area contributed by atoms with Crippen molar-refractivity contribution in [1.82, 2.24) is 4.98 Å². The van der Waals surface area contributed by atoms with Gasteiger partial charge in [-0.1, -0.05) is 22.8 Å². The Morgan fingerprint density at radius 1 is 1.32 bits per heavy atom. The Balaban J connectivity index is 1.55. The van der Waals surface area contributed by atoms with Gasteiger partial charge in [-0.25, -0.2) is 9.37 Å². The lowest BCUT2D eigenvalue weighted by Gasteiger charge is -2.09. The van der Waals surface area contributed by atoms with Gasteiger partial charge < -0.3 is 10.5 Å². The topological polar surface area (TPSA) is 82.2 Å². The molecular formula is C20H17ClFN5O. The molecule has 0 saturated carbocycles. The van der Waals surface area contributed by atoms with Crippen LogP contribution in [0.2, 0.25) is 5.02 Å². The van der Waals surface area contributed by atoms with Crippen molar-refractivity contribution in [3.63, 3.8) is 0 Å². The molecule has 142 valence electrons. The number of rotatable bonds is 5. The molecule has 2 N–H and O–H groups in total. The van der Waals surface area contributed by atoms with Crippen molar-refractivity contribution in [2.45, 2.75) is 12.8 Å². The highest BCUT2D eigenvalue weighted by atomic mass is 35.5. The number of nitrogens with zero attached hydrogens (tertiary/aromatic N) is 4. The molecule has 0 fully saturated rings. The van der Waals surface area contributed by atoms with Gasteiger partial charge in [0.05, 0.1) is 23.8 Å². The van der Waals surface area contributed by atoms with E-state index >= 15 is 0 Å². The highest BCUT2D eigenvalue weighted by molar-refractivity contribution is 6.30. The maximum atomic E-state index is 13.4.